The summed E-state index contributed by atoms with van der Waals surface area (Å²) in [6.45, 7) is 5.60. The molecule has 1 N–H and O–H groups in total. The van der Waals surface area contributed by atoms with Gasteiger partial charge in [0.15, 0.2) is 0 Å². The van der Waals surface area contributed by atoms with Crippen molar-refractivity contribution in [3.63, 3.8) is 0 Å². The number of fused-ring (bicyclic) bond motifs is 1. The fourth-order valence-corrected chi connectivity index (χ4v) is 2.67. The summed E-state index contributed by atoms with van der Waals surface area (Å²) >= 11 is 0. The van der Waals surface area contributed by atoms with Crippen LogP contribution in [0.2, 0.25) is 0 Å². The predicted molar refractivity (Wildman–Crippen MR) is 89.0 cm³/mol. The van der Waals surface area contributed by atoms with E-state index >= 15 is 0 Å². The Labute approximate surface area is 130 Å². The summed E-state index contributed by atoms with van der Waals surface area (Å²) in [7, 11) is 0. The molecule has 0 atom stereocenters. The molecule has 120 valence electrons. The zero-order valence-corrected chi connectivity index (χ0v) is 13.5. The van der Waals surface area contributed by atoms with Crippen LogP contribution in [0.1, 0.15) is 39.5 Å². The number of nitrogens with zero attached hydrogens (tertiary/aromatic N) is 2. The molecule has 0 spiro atoms. The number of hydrogen-bond donors (Lipinski definition) is 1. The molecule has 0 saturated heterocycles. The van der Waals surface area contributed by atoms with Crippen molar-refractivity contribution < 1.29 is 4.79 Å². The van der Waals surface area contributed by atoms with Crippen LogP contribution in [0.3, 0.4) is 0 Å². The minimum atomic E-state index is -0.105. The maximum Gasteiger partial charge on any atom is 0.329 e. The number of carbonyl (C=O) groups excluding carboxylic acids is 1. The SMILES string of the molecule is CCCCCNC(=O)Cn1c(=O)n(CCC)c2ccccc21. The number of aryl methyl sites for hydroxylation is 1. The fourth-order valence-electron chi connectivity index (χ4n) is 2.67. The molecule has 2 rings (SSSR count). The first-order chi connectivity index (χ1) is 10.7. The van der Waals surface area contributed by atoms with Crippen molar-refractivity contribution in [1.29, 1.82) is 0 Å². The third-order valence-corrected chi connectivity index (χ3v) is 3.78. The number of benzene rings is 1. The maximum atomic E-state index is 12.5. The second kappa shape index (κ2) is 7.82. The third-order valence-electron chi connectivity index (χ3n) is 3.78. The van der Waals surface area contributed by atoms with Crippen molar-refractivity contribution in [2.45, 2.75) is 52.6 Å². The Morgan fingerprint density at radius 2 is 1.73 bits per heavy atom. The Morgan fingerprint density at radius 3 is 2.36 bits per heavy atom. The lowest BCUT2D eigenvalue weighted by Gasteiger charge is -2.05. The van der Waals surface area contributed by atoms with E-state index in [9.17, 15) is 9.59 Å². The average molecular weight is 303 g/mol. The fraction of sp³-hybridized carbons (Fsp3) is 0.529. The van der Waals surface area contributed by atoms with Crippen LogP contribution in [0, 0.1) is 0 Å². The largest absolute Gasteiger partial charge is 0.355 e. The van der Waals surface area contributed by atoms with E-state index in [0.29, 0.717) is 13.1 Å². The van der Waals surface area contributed by atoms with E-state index < -0.39 is 0 Å². The Bertz CT molecular complexity index is 685. The van der Waals surface area contributed by atoms with E-state index in [0.717, 1.165) is 36.7 Å². The lowest BCUT2D eigenvalue weighted by Crippen LogP contribution is -2.33. The molecule has 0 bridgehead atoms. The molecular formula is C17H25N3O2. The molecule has 0 radical (unpaired) electrons. The predicted octanol–water partition coefficient (Wildman–Crippen LogP) is 2.52. The number of amides is 1. The summed E-state index contributed by atoms with van der Waals surface area (Å²) in [6.07, 6.45) is 4.10. The van der Waals surface area contributed by atoms with Gasteiger partial charge in [-0.25, -0.2) is 4.79 Å². The molecule has 1 amide bonds. The number of unbranched alkanes of at least 4 members (excludes halogenated alkanes) is 2. The van der Waals surface area contributed by atoms with Gasteiger partial charge in [0.2, 0.25) is 5.91 Å². The van der Waals surface area contributed by atoms with Crippen molar-refractivity contribution >= 4 is 16.9 Å². The molecule has 0 aliphatic rings. The molecule has 2 aromatic rings. The first kappa shape index (κ1) is 16.3. The van der Waals surface area contributed by atoms with Gasteiger partial charge in [0.1, 0.15) is 6.54 Å². The van der Waals surface area contributed by atoms with Gasteiger partial charge in [-0.05, 0) is 25.0 Å². The molecule has 0 unspecified atom stereocenters. The second-order valence-corrected chi connectivity index (χ2v) is 5.57. The highest BCUT2D eigenvalue weighted by atomic mass is 16.2. The first-order valence-corrected chi connectivity index (χ1v) is 8.13. The van der Waals surface area contributed by atoms with E-state index in [-0.39, 0.29) is 18.1 Å². The Morgan fingerprint density at radius 1 is 1.05 bits per heavy atom. The van der Waals surface area contributed by atoms with E-state index in [1.165, 1.54) is 0 Å². The van der Waals surface area contributed by atoms with Gasteiger partial charge < -0.3 is 5.32 Å². The van der Waals surface area contributed by atoms with Crippen LogP contribution in [0.4, 0.5) is 0 Å². The lowest BCUT2D eigenvalue weighted by molar-refractivity contribution is -0.121. The third kappa shape index (κ3) is 3.59. The molecule has 1 aromatic heterocycles. The van der Waals surface area contributed by atoms with Crippen LogP contribution in [0.25, 0.3) is 11.0 Å². The molecule has 1 aromatic carbocycles. The van der Waals surface area contributed by atoms with Crippen molar-refractivity contribution in [2.75, 3.05) is 6.54 Å². The second-order valence-electron chi connectivity index (χ2n) is 5.57. The van der Waals surface area contributed by atoms with E-state index in [1.54, 1.807) is 9.13 Å². The molecule has 0 saturated carbocycles. The van der Waals surface area contributed by atoms with Gasteiger partial charge in [0, 0.05) is 13.1 Å². The Hall–Kier alpha value is -2.04. The molecule has 22 heavy (non-hydrogen) atoms. The lowest BCUT2D eigenvalue weighted by atomic mass is 10.2. The molecule has 5 heteroatoms. The van der Waals surface area contributed by atoms with Crippen molar-refractivity contribution in [3.05, 3.63) is 34.7 Å². The number of imidazole rings is 1. The van der Waals surface area contributed by atoms with Crippen LogP contribution in [0.5, 0.6) is 0 Å². The summed E-state index contributed by atoms with van der Waals surface area (Å²) in [6, 6.07) is 7.64. The van der Waals surface area contributed by atoms with E-state index in [4.69, 9.17) is 0 Å². The first-order valence-electron chi connectivity index (χ1n) is 8.13. The van der Waals surface area contributed by atoms with Gasteiger partial charge in [-0.1, -0.05) is 38.8 Å². The topological polar surface area (TPSA) is 56.0 Å². The maximum absolute atomic E-state index is 12.5. The monoisotopic (exact) mass is 303 g/mol. The zero-order valence-electron chi connectivity index (χ0n) is 13.5. The number of hydrogen-bond acceptors (Lipinski definition) is 2. The summed E-state index contributed by atoms with van der Waals surface area (Å²) in [5.74, 6) is -0.0994. The Balaban J connectivity index is 2.18. The van der Waals surface area contributed by atoms with Gasteiger partial charge in [-0.2, -0.15) is 0 Å². The molecule has 0 fully saturated rings. The van der Waals surface area contributed by atoms with Gasteiger partial charge >= 0.3 is 5.69 Å². The van der Waals surface area contributed by atoms with Gasteiger partial charge in [-0.15, -0.1) is 0 Å². The average Bonchev–Trinajstić information content (AvgIpc) is 2.78. The quantitative estimate of drug-likeness (QED) is 0.762. The summed E-state index contributed by atoms with van der Waals surface area (Å²) in [4.78, 5) is 24.6. The number of rotatable bonds is 8. The normalized spacial score (nSPS) is 11.0. The summed E-state index contributed by atoms with van der Waals surface area (Å²) in [5, 5.41) is 2.89. The number of para-hydroxylation sites is 2. The highest BCUT2D eigenvalue weighted by molar-refractivity contribution is 5.80. The minimum Gasteiger partial charge on any atom is -0.355 e. The molecule has 5 nitrogen and oxygen atoms in total. The van der Waals surface area contributed by atoms with Gasteiger partial charge in [0.05, 0.1) is 11.0 Å². The highest BCUT2D eigenvalue weighted by Gasteiger charge is 2.14. The van der Waals surface area contributed by atoms with Crippen LogP contribution in [0.15, 0.2) is 29.1 Å². The standard InChI is InChI=1S/C17H25N3O2/c1-3-5-8-11-18-16(21)13-20-15-10-7-6-9-14(15)19(12-4-2)17(20)22/h6-7,9-10H,3-5,8,11-13H2,1-2H3,(H,18,21). The number of carbonyl (C=O) groups is 1. The minimum absolute atomic E-state index is 0.0855. The van der Waals surface area contributed by atoms with Crippen LogP contribution in [-0.4, -0.2) is 21.6 Å². The van der Waals surface area contributed by atoms with Crippen molar-refractivity contribution in [2.24, 2.45) is 0 Å². The van der Waals surface area contributed by atoms with E-state index in [2.05, 4.69) is 12.2 Å². The molecule has 0 aliphatic carbocycles. The van der Waals surface area contributed by atoms with Gasteiger partial charge in [-0.3, -0.25) is 13.9 Å². The van der Waals surface area contributed by atoms with Crippen LogP contribution >= 0.6 is 0 Å². The summed E-state index contributed by atoms with van der Waals surface area (Å²) in [5.41, 5.74) is 1.62. The molecule has 0 aliphatic heterocycles. The number of nitrogens with one attached hydrogen (secondary N) is 1. The van der Waals surface area contributed by atoms with Crippen LogP contribution in [-0.2, 0) is 17.9 Å². The number of aromatic nitrogens is 2. The smallest absolute Gasteiger partial charge is 0.329 e. The van der Waals surface area contributed by atoms with Crippen molar-refractivity contribution in [3.8, 4) is 0 Å². The summed E-state index contributed by atoms with van der Waals surface area (Å²) < 4.78 is 3.32. The van der Waals surface area contributed by atoms with Crippen molar-refractivity contribution in [1.82, 2.24) is 14.5 Å². The Kier molecular flexibility index (Phi) is 5.81. The van der Waals surface area contributed by atoms with Gasteiger partial charge in [0.25, 0.3) is 0 Å². The zero-order chi connectivity index (χ0) is 15.9. The highest BCUT2D eigenvalue weighted by Crippen LogP contribution is 2.13. The molecule has 1 heterocycles. The van der Waals surface area contributed by atoms with Crippen LogP contribution < -0.4 is 11.0 Å². The molecular weight excluding hydrogens is 278 g/mol. The van der Waals surface area contributed by atoms with E-state index in [1.807, 2.05) is 31.2 Å².